The Morgan fingerprint density at radius 3 is 2.19 bits per heavy atom. The van der Waals surface area contributed by atoms with Gasteiger partial charge in [-0.2, -0.15) is 9.37 Å². The summed E-state index contributed by atoms with van der Waals surface area (Å²) in [7, 11) is 0. The molecular formula is C12H13ClFNO6. The molecule has 0 saturated carbocycles. The van der Waals surface area contributed by atoms with Crippen molar-refractivity contribution >= 4 is 23.9 Å². The molecule has 0 fully saturated rings. The first-order chi connectivity index (χ1) is 9.90. The fourth-order valence-corrected chi connectivity index (χ4v) is 1.39. The van der Waals surface area contributed by atoms with Crippen molar-refractivity contribution in [2.75, 3.05) is 13.2 Å². The van der Waals surface area contributed by atoms with Crippen LogP contribution in [-0.4, -0.2) is 30.5 Å². The molecule has 0 aliphatic heterocycles. The van der Waals surface area contributed by atoms with Crippen molar-refractivity contribution in [3.63, 3.8) is 0 Å². The molecule has 0 aliphatic rings. The Kier molecular flexibility index (Phi) is 6.16. The molecule has 1 aromatic rings. The molecule has 9 heteroatoms. The van der Waals surface area contributed by atoms with Crippen molar-refractivity contribution in [2.45, 2.75) is 20.8 Å². The molecule has 0 unspecified atom stereocenters. The van der Waals surface area contributed by atoms with Crippen LogP contribution >= 0.6 is 11.6 Å². The third-order valence-electron chi connectivity index (χ3n) is 2.12. The Morgan fingerprint density at radius 2 is 1.67 bits per heavy atom. The summed E-state index contributed by atoms with van der Waals surface area (Å²) >= 11 is 5.86. The van der Waals surface area contributed by atoms with Crippen LogP contribution in [0.5, 0.6) is 11.6 Å². The predicted octanol–water partition coefficient (Wildman–Crippen LogP) is 3.25. The molecular weight excluding hydrogens is 309 g/mol. The molecule has 7 nitrogen and oxygen atoms in total. The van der Waals surface area contributed by atoms with E-state index in [4.69, 9.17) is 16.3 Å². The van der Waals surface area contributed by atoms with E-state index in [0.29, 0.717) is 0 Å². The van der Waals surface area contributed by atoms with Crippen molar-refractivity contribution in [3.8, 4) is 11.6 Å². The summed E-state index contributed by atoms with van der Waals surface area (Å²) in [4.78, 5) is 26.0. The quantitative estimate of drug-likeness (QED) is 0.621. The molecule has 0 amide bonds. The molecule has 21 heavy (non-hydrogen) atoms. The van der Waals surface area contributed by atoms with Crippen molar-refractivity contribution < 1.29 is 32.9 Å². The molecule has 0 atom stereocenters. The van der Waals surface area contributed by atoms with Crippen molar-refractivity contribution in [2.24, 2.45) is 0 Å². The molecule has 1 aromatic heterocycles. The number of ether oxygens (including phenoxy) is 4. The topological polar surface area (TPSA) is 84.0 Å². The fraction of sp³-hybridized carbons (Fsp3) is 0.417. The number of hydrogen-bond donors (Lipinski definition) is 0. The van der Waals surface area contributed by atoms with E-state index in [-0.39, 0.29) is 23.8 Å². The maximum Gasteiger partial charge on any atom is 0.515 e. The normalized spacial score (nSPS) is 9.95. The number of rotatable bonds is 4. The summed E-state index contributed by atoms with van der Waals surface area (Å²) in [5, 5.41) is -0.269. The van der Waals surface area contributed by atoms with E-state index in [1.165, 1.54) is 6.92 Å². The van der Waals surface area contributed by atoms with Gasteiger partial charge in [-0.25, -0.2) is 9.59 Å². The van der Waals surface area contributed by atoms with Crippen LogP contribution < -0.4 is 9.47 Å². The standard InChI is InChI=1S/C12H13ClFNO6/c1-4-18-11(16)20-8-7(13)6(3)9(14)15-10(8)21-12(17)19-5-2/h4-5H2,1-3H3. The lowest BCUT2D eigenvalue weighted by Crippen LogP contribution is -2.16. The highest BCUT2D eigenvalue weighted by molar-refractivity contribution is 6.33. The molecule has 1 rings (SSSR count). The van der Waals surface area contributed by atoms with Gasteiger partial charge < -0.3 is 18.9 Å². The number of carbonyl (C=O) groups is 2. The highest BCUT2D eigenvalue weighted by Crippen LogP contribution is 2.37. The zero-order valence-corrected chi connectivity index (χ0v) is 12.3. The zero-order valence-electron chi connectivity index (χ0n) is 11.6. The summed E-state index contributed by atoms with van der Waals surface area (Å²) in [6.45, 7) is 4.52. The minimum absolute atomic E-state index is 0.0367. The lowest BCUT2D eigenvalue weighted by molar-refractivity contribution is 0.0921. The van der Waals surface area contributed by atoms with Crippen LogP contribution in [0.2, 0.25) is 5.02 Å². The van der Waals surface area contributed by atoms with Gasteiger partial charge in [-0.1, -0.05) is 11.6 Å². The Balaban J connectivity index is 3.14. The van der Waals surface area contributed by atoms with Crippen molar-refractivity contribution in [3.05, 3.63) is 16.5 Å². The van der Waals surface area contributed by atoms with Crippen LogP contribution in [0.15, 0.2) is 0 Å². The fourth-order valence-electron chi connectivity index (χ4n) is 1.19. The second-order valence-electron chi connectivity index (χ2n) is 3.55. The highest BCUT2D eigenvalue weighted by atomic mass is 35.5. The van der Waals surface area contributed by atoms with E-state index in [9.17, 15) is 14.0 Å². The van der Waals surface area contributed by atoms with Crippen molar-refractivity contribution in [1.82, 2.24) is 4.98 Å². The van der Waals surface area contributed by atoms with E-state index in [2.05, 4.69) is 19.2 Å². The summed E-state index contributed by atoms with van der Waals surface area (Å²) in [6.07, 6.45) is -2.24. The largest absolute Gasteiger partial charge is 0.515 e. The molecule has 0 N–H and O–H groups in total. The third kappa shape index (κ3) is 4.45. The van der Waals surface area contributed by atoms with Gasteiger partial charge in [0.1, 0.15) is 0 Å². The van der Waals surface area contributed by atoms with Gasteiger partial charge in [-0.15, -0.1) is 0 Å². The van der Waals surface area contributed by atoms with E-state index in [1.807, 2.05) is 0 Å². The Morgan fingerprint density at radius 1 is 1.14 bits per heavy atom. The van der Waals surface area contributed by atoms with Crippen LogP contribution in [-0.2, 0) is 9.47 Å². The lowest BCUT2D eigenvalue weighted by Gasteiger charge is -2.12. The van der Waals surface area contributed by atoms with Crippen LogP contribution in [0.3, 0.4) is 0 Å². The highest BCUT2D eigenvalue weighted by Gasteiger charge is 2.24. The van der Waals surface area contributed by atoms with Gasteiger partial charge in [0.2, 0.25) is 11.7 Å². The van der Waals surface area contributed by atoms with E-state index in [1.54, 1.807) is 13.8 Å². The van der Waals surface area contributed by atoms with Gasteiger partial charge in [0, 0.05) is 5.56 Å². The number of halogens is 2. The van der Waals surface area contributed by atoms with Crippen LogP contribution in [0.25, 0.3) is 0 Å². The summed E-state index contributed by atoms with van der Waals surface area (Å²) in [6, 6.07) is 0. The molecule has 0 radical (unpaired) electrons. The first-order valence-corrected chi connectivity index (χ1v) is 6.33. The Bertz CT molecular complexity index is 551. The second kappa shape index (κ2) is 7.63. The maximum absolute atomic E-state index is 13.5. The first-order valence-electron chi connectivity index (χ1n) is 5.95. The van der Waals surface area contributed by atoms with Crippen molar-refractivity contribution in [1.29, 1.82) is 0 Å². The summed E-state index contributed by atoms with van der Waals surface area (Å²) in [5.74, 6) is -2.04. The Labute approximate surface area is 124 Å². The maximum atomic E-state index is 13.5. The van der Waals surface area contributed by atoms with Crippen LogP contribution in [0.4, 0.5) is 14.0 Å². The van der Waals surface area contributed by atoms with Gasteiger partial charge in [0.25, 0.3) is 5.88 Å². The molecule has 0 spiro atoms. The summed E-state index contributed by atoms with van der Waals surface area (Å²) < 4.78 is 32.1. The molecule has 0 saturated heterocycles. The monoisotopic (exact) mass is 321 g/mol. The summed E-state index contributed by atoms with van der Waals surface area (Å²) in [5.41, 5.74) is -0.0767. The van der Waals surface area contributed by atoms with Gasteiger partial charge in [0.05, 0.1) is 18.2 Å². The molecule has 116 valence electrons. The van der Waals surface area contributed by atoms with Gasteiger partial charge in [-0.05, 0) is 20.8 Å². The zero-order chi connectivity index (χ0) is 16.0. The van der Waals surface area contributed by atoms with Crippen LogP contribution in [0, 0.1) is 12.9 Å². The minimum atomic E-state index is -1.14. The molecule has 0 aromatic carbocycles. The van der Waals surface area contributed by atoms with E-state index < -0.39 is 29.9 Å². The van der Waals surface area contributed by atoms with E-state index in [0.717, 1.165) is 0 Å². The minimum Gasteiger partial charge on any atom is -0.434 e. The van der Waals surface area contributed by atoms with Gasteiger partial charge in [0.15, 0.2) is 0 Å². The number of hydrogen-bond acceptors (Lipinski definition) is 7. The number of aromatic nitrogens is 1. The van der Waals surface area contributed by atoms with Gasteiger partial charge >= 0.3 is 12.3 Å². The Hall–Kier alpha value is -2.09. The third-order valence-corrected chi connectivity index (χ3v) is 2.58. The SMILES string of the molecule is CCOC(=O)Oc1nc(F)c(C)c(Cl)c1OC(=O)OCC. The average molecular weight is 322 g/mol. The van der Waals surface area contributed by atoms with Crippen LogP contribution in [0.1, 0.15) is 19.4 Å². The predicted molar refractivity (Wildman–Crippen MR) is 69.2 cm³/mol. The smallest absolute Gasteiger partial charge is 0.434 e. The number of carbonyl (C=O) groups excluding carboxylic acids is 2. The lowest BCUT2D eigenvalue weighted by atomic mass is 10.3. The molecule has 0 bridgehead atoms. The average Bonchev–Trinajstić information content (AvgIpc) is 2.41. The molecule has 1 heterocycles. The molecule has 0 aliphatic carbocycles. The second-order valence-corrected chi connectivity index (χ2v) is 3.92. The van der Waals surface area contributed by atoms with Gasteiger partial charge in [-0.3, -0.25) is 0 Å². The number of pyridine rings is 1. The first kappa shape index (κ1) is 17.0. The number of nitrogens with zero attached hydrogens (tertiary/aromatic N) is 1. The van der Waals surface area contributed by atoms with E-state index >= 15 is 0 Å².